The van der Waals surface area contributed by atoms with Crippen LogP contribution in [0.25, 0.3) is 15.8 Å². The summed E-state index contributed by atoms with van der Waals surface area (Å²) in [6.07, 6.45) is -3.02. The number of fused-ring (bicyclic) bond motifs is 1. The zero-order chi connectivity index (χ0) is 14.3. The van der Waals surface area contributed by atoms with E-state index in [1.54, 1.807) is 30.3 Å². The Morgan fingerprint density at radius 3 is 2.40 bits per heavy atom. The van der Waals surface area contributed by atoms with E-state index in [9.17, 15) is 18.0 Å². The van der Waals surface area contributed by atoms with Gasteiger partial charge in [0.15, 0.2) is 0 Å². The van der Waals surface area contributed by atoms with Gasteiger partial charge in [0.25, 0.3) is 5.56 Å². The monoisotopic (exact) mass is 295 g/mol. The molecule has 3 aromatic rings. The number of rotatable bonds is 1. The third kappa shape index (κ3) is 2.02. The molecule has 2 heterocycles. The zero-order valence-electron chi connectivity index (χ0n) is 10.0. The maximum absolute atomic E-state index is 12.9. The number of thiophene rings is 1. The quantitative estimate of drug-likeness (QED) is 0.663. The minimum Gasteiger partial charge on any atom is -0.284 e. The predicted molar refractivity (Wildman–Crippen MR) is 72.4 cm³/mol. The van der Waals surface area contributed by atoms with Crippen molar-refractivity contribution in [2.24, 2.45) is 0 Å². The maximum Gasteiger partial charge on any atom is 0.418 e. The summed E-state index contributed by atoms with van der Waals surface area (Å²) >= 11 is 0.926. The summed E-state index contributed by atoms with van der Waals surface area (Å²) in [5, 5.41) is 0.718. The normalized spacial score (nSPS) is 11.9. The van der Waals surface area contributed by atoms with E-state index in [4.69, 9.17) is 0 Å². The van der Waals surface area contributed by atoms with Crippen molar-refractivity contribution in [2.75, 3.05) is 0 Å². The molecule has 0 saturated heterocycles. The molecular weight excluding hydrogens is 287 g/mol. The first kappa shape index (κ1) is 12.9. The van der Waals surface area contributed by atoms with Crippen molar-refractivity contribution in [3.8, 4) is 5.69 Å². The molecule has 0 N–H and O–H groups in total. The summed E-state index contributed by atoms with van der Waals surface area (Å²) in [5.41, 5.74) is -0.978. The van der Waals surface area contributed by atoms with Gasteiger partial charge in [0, 0.05) is 22.0 Å². The molecule has 0 aliphatic rings. The molecule has 6 heteroatoms. The smallest absolute Gasteiger partial charge is 0.284 e. The van der Waals surface area contributed by atoms with Crippen LogP contribution in [0.3, 0.4) is 0 Å². The second-order valence-electron chi connectivity index (χ2n) is 4.21. The van der Waals surface area contributed by atoms with Crippen LogP contribution in [0, 0.1) is 0 Å². The first-order chi connectivity index (χ1) is 9.48. The van der Waals surface area contributed by atoms with Crippen LogP contribution in [0.1, 0.15) is 5.56 Å². The molecule has 0 amide bonds. The second-order valence-corrected chi connectivity index (χ2v) is 5.12. The fourth-order valence-corrected chi connectivity index (χ4v) is 3.00. The number of nitrogens with zero attached hydrogens (tertiary/aromatic N) is 1. The Hall–Kier alpha value is -2.08. The molecule has 3 rings (SSSR count). The molecule has 0 fully saturated rings. The van der Waals surface area contributed by atoms with Gasteiger partial charge in [-0.1, -0.05) is 18.2 Å². The summed E-state index contributed by atoms with van der Waals surface area (Å²) in [4.78, 5) is 12.3. The highest BCUT2D eigenvalue weighted by Crippen LogP contribution is 2.36. The van der Waals surface area contributed by atoms with E-state index in [0.29, 0.717) is 10.4 Å². The first-order valence-electron chi connectivity index (χ1n) is 5.74. The number of benzene rings is 1. The minimum atomic E-state index is -4.52. The van der Waals surface area contributed by atoms with Crippen LogP contribution in [0.5, 0.6) is 0 Å². The highest BCUT2D eigenvalue weighted by molar-refractivity contribution is 7.17. The van der Waals surface area contributed by atoms with Gasteiger partial charge in [-0.2, -0.15) is 13.2 Å². The van der Waals surface area contributed by atoms with E-state index in [0.717, 1.165) is 16.7 Å². The molecule has 0 radical (unpaired) electrons. The van der Waals surface area contributed by atoms with Gasteiger partial charge in [-0.3, -0.25) is 9.36 Å². The van der Waals surface area contributed by atoms with Crippen molar-refractivity contribution >= 4 is 21.4 Å². The Balaban J connectivity index is 2.33. The average molecular weight is 295 g/mol. The van der Waals surface area contributed by atoms with Crippen LogP contribution in [-0.4, -0.2) is 4.57 Å². The molecule has 0 saturated carbocycles. The minimum absolute atomic E-state index is 0.270. The number of halogens is 3. The third-order valence-corrected chi connectivity index (χ3v) is 3.91. The number of hydrogen-bond donors (Lipinski definition) is 0. The topological polar surface area (TPSA) is 22.0 Å². The molecule has 2 aromatic heterocycles. The fourth-order valence-electron chi connectivity index (χ4n) is 2.05. The van der Waals surface area contributed by atoms with Gasteiger partial charge in [-0.25, -0.2) is 0 Å². The Morgan fingerprint density at radius 1 is 1.05 bits per heavy atom. The molecule has 1 aromatic carbocycles. The van der Waals surface area contributed by atoms with E-state index in [-0.39, 0.29) is 5.39 Å². The van der Waals surface area contributed by atoms with Gasteiger partial charge in [0.05, 0.1) is 10.9 Å². The molecular formula is C14H8F3NOS. The van der Waals surface area contributed by atoms with Gasteiger partial charge < -0.3 is 0 Å². The van der Waals surface area contributed by atoms with Crippen molar-refractivity contribution in [1.29, 1.82) is 0 Å². The Kier molecular flexibility index (Phi) is 2.90. The highest BCUT2D eigenvalue weighted by atomic mass is 32.1. The van der Waals surface area contributed by atoms with Gasteiger partial charge in [-0.15, -0.1) is 11.3 Å². The van der Waals surface area contributed by atoms with Crippen molar-refractivity contribution in [3.63, 3.8) is 0 Å². The lowest BCUT2D eigenvalue weighted by atomic mass is 10.2. The summed E-state index contributed by atoms with van der Waals surface area (Å²) in [5.74, 6) is 0. The molecule has 0 aliphatic carbocycles. The standard InChI is InChI=1S/C14H8F3NOS/c15-14(16,17)10-8-20-11-6-7-18(13(19)12(10)11)9-4-2-1-3-5-9/h1-8H. The Labute approximate surface area is 115 Å². The molecule has 0 atom stereocenters. The van der Waals surface area contributed by atoms with E-state index in [1.807, 2.05) is 0 Å². The van der Waals surface area contributed by atoms with Crippen LogP contribution in [0.2, 0.25) is 0 Å². The van der Waals surface area contributed by atoms with E-state index in [2.05, 4.69) is 0 Å². The third-order valence-electron chi connectivity index (χ3n) is 2.97. The van der Waals surface area contributed by atoms with Gasteiger partial charge in [-0.05, 0) is 18.2 Å². The van der Waals surface area contributed by atoms with Gasteiger partial charge in [0.1, 0.15) is 0 Å². The predicted octanol–water partition coefficient (Wildman–Crippen LogP) is 4.07. The second kappa shape index (κ2) is 4.49. The van der Waals surface area contributed by atoms with Crippen molar-refractivity contribution in [3.05, 3.63) is 63.9 Å². The summed E-state index contributed by atoms with van der Waals surface area (Å²) in [7, 11) is 0. The number of pyridine rings is 1. The van der Waals surface area contributed by atoms with E-state index in [1.165, 1.54) is 16.8 Å². The van der Waals surface area contributed by atoms with Crippen molar-refractivity contribution < 1.29 is 13.2 Å². The fraction of sp³-hybridized carbons (Fsp3) is 0.0714. The molecule has 0 spiro atoms. The zero-order valence-corrected chi connectivity index (χ0v) is 10.8. The lowest BCUT2D eigenvalue weighted by molar-refractivity contribution is -0.136. The Bertz CT molecular complexity index is 818. The SMILES string of the molecule is O=c1c2c(C(F)(F)F)csc2ccn1-c1ccccc1. The highest BCUT2D eigenvalue weighted by Gasteiger charge is 2.35. The van der Waals surface area contributed by atoms with Crippen LogP contribution < -0.4 is 5.56 Å². The molecule has 0 aliphatic heterocycles. The van der Waals surface area contributed by atoms with Crippen molar-refractivity contribution in [1.82, 2.24) is 4.57 Å². The number of aromatic nitrogens is 1. The van der Waals surface area contributed by atoms with Crippen LogP contribution in [-0.2, 0) is 6.18 Å². The molecule has 0 unspecified atom stereocenters. The average Bonchev–Trinajstić information content (AvgIpc) is 2.85. The molecule has 0 bridgehead atoms. The van der Waals surface area contributed by atoms with Crippen LogP contribution >= 0.6 is 11.3 Å². The largest absolute Gasteiger partial charge is 0.418 e. The van der Waals surface area contributed by atoms with Crippen LogP contribution in [0.4, 0.5) is 13.2 Å². The van der Waals surface area contributed by atoms with Crippen molar-refractivity contribution in [2.45, 2.75) is 6.18 Å². The first-order valence-corrected chi connectivity index (χ1v) is 6.62. The maximum atomic E-state index is 12.9. The summed E-state index contributed by atoms with van der Waals surface area (Å²) in [6.45, 7) is 0. The number of alkyl halides is 3. The summed E-state index contributed by atoms with van der Waals surface area (Å²) < 4.78 is 40.3. The lowest BCUT2D eigenvalue weighted by Crippen LogP contribution is -2.19. The van der Waals surface area contributed by atoms with Gasteiger partial charge in [0.2, 0.25) is 0 Å². The van der Waals surface area contributed by atoms with Crippen LogP contribution in [0.15, 0.2) is 52.8 Å². The Morgan fingerprint density at radius 2 is 1.75 bits per heavy atom. The van der Waals surface area contributed by atoms with E-state index >= 15 is 0 Å². The molecule has 2 nitrogen and oxygen atoms in total. The molecule has 20 heavy (non-hydrogen) atoms. The van der Waals surface area contributed by atoms with Gasteiger partial charge >= 0.3 is 6.18 Å². The van der Waals surface area contributed by atoms with E-state index < -0.39 is 17.3 Å². The number of hydrogen-bond acceptors (Lipinski definition) is 2. The number of para-hydroxylation sites is 1. The summed E-state index contributed by atoms with van der Waals surface area (Å²) in [6, 6.07) is 10.1. The lowest BCUT2D eigenvalue weighted by Gasteiger charge is -2.08. The molecule has 102 valence electrons.